The van der Waals surface area contributed by atoms with Crippen LogP contribution in [-0.2, 0) is 6.42 Å². The molecule has 0 bridgehead atoms. The largest absolute Gasteiger partial charge is 0.390 e. The maximum Gasteiger partial charge on any atom is 0.135 e. The molecule has 0 aliphatic carbocycles. The van der Waals surface area contributed by atoms with E-state index >= 15 is 0 Å². The number of anilines is 1. The van der Waals surface area contributed by atoms with Gasteiger partial charge in [0.2, 0.25) is 0 Å². The lowest BCUT2D eigenvalue weighted by Crippen LogP contribution is -2.59. The molecule has 2 aliphatic heterocycles. The summed E-state index contributed by atoms with van der Waals surface area (Å²) in [5.74, 6) is 0.973. The van der Waals surface area contributed by atoms with E-state index in [0.29, 0.717) is 6.54 Å². The van der Waals surface area contributed by atoms with Crippen molar-refractivity contribution >= 4 is 5.82 Å². The van der Waals surface area contributed by atoms with Crippen molar-refractivity contribution in [1.82, 2.24) is 19.8 Å². The molecule has 0 spiro atoms. The van der Waals surface area contributed by atoms with Crippen LogP contribution < -0.4 is 4.90 Å². The van der Waals surface area contributed by atoms with Crippen LogP contribution >= 0.6 is 0 Å². The molecule has 1 aromatic carbocycles. The molecule has 0 unspecified atom stereocenters. The van der Waals surface area contributed by atoms with Gasteiger partial charge in [-0.15, -0.1) is 0 Å². The predicted molar refractivity (Wildman–Crippen MR) is 116 cm³/mol. The van der Waals surface area contributed by atoms with Crippen LogP contribution in [0.4, 0.5) is 5.82 Å². The van der Waals surface area contributed by atoms with Crippen LogP contribution in [0.25, 0.3) is 0 Å². The zero-order chi connectivity index (χ0) is 20.2. The van der Waals surface area contributed by atoms with Crippen molar-refractivity contribution < 1.29 is 5.11 Å². The van der Waals surface area contributed by atoms with E-state index in [0.717, 1.165) is 69.2 Å². The van der Waals surface area contributed by atoms with Gasteiger partial charge in [0, 0.05) is 63.1 Å². The van der Waals surface area contributed by atoms with Crippen molar-refractivity contribution in [2.45, 2.75) is 38.8 Å². The van der Waals surface area contributed by atoms with Gasteiger partial charge in [-0.05, 0) is 32.3 Å². The lowest BCUT2D eigenvalue weighted by Gasteiger charge is -2.45. The Bertz CT molecular complexity index is 791. The van der Waals surface area contributed by atoms with Crippen LogP contribution in [0.5, 0.6) is 0 Å². The average molecular weight is 396 g/mol. The van der Waals surface area contributed by atoms with Gasteiger partial charge in [-0.25, -0.2) is 9.97 Å². The Morgan fingerprint density at radius 3 is 2.48 bits per heavy atom. The molecule has 4 rings (SSSR count). The maximum absolute atomic E-state index is 10.9. The summed E-state index contributed by atoms with van der Waals surface area (Å²) in [7, 11) is 0. The molecule has 2 aromatic rings. The summed E-state index contributed by atoms with van der Waals surface area (Å²) >= 11 is 0. The Balaban J connectivity index is 1.27. The molecule has 6 nitrogen and oxygen atoms in total. The van der Waals surface area contributed by atoms with E-state index in [-0.39, 0.29) is 12.1 Å². The first-order valence-electron chi connectivity index (χ1n) is 10.8. The second kappa shape index (κ2) is 9.20. The molecule has 29 heavy (non-hydrogen) atoms. The third-order valence-corrected chi connectivity index (χ3v) is 6.59. The van der Waals surface area contributed by atoms with Crippen LogP contribution in [0.1, 0.15) is 23.2 Å². The number of aliphatic hydroxyl groups excluding tert-OH is 1. The molecule has 1 aromatic heterocycles. The van der Waals surface area contributed by atoms with Crippen LogP contribution in [0.2, 0.25) is 0 Å². The number of aliphatic hydroxyl groups is 1. The predicted octanol–water partition coefficient (Wildman–Crippen LogP) is 1.89. The average Bonchev–Trinajstić information content (AvgIpc) is 2.75. The Morgan fingerprint density at radius 2 is 1.76 bits per heavy atom. The van der Waals surface area contributed by atoms with Crippen molar-refractivity contribution in [3.8, 4) is 0 Å². The first-order chi connectivity index (χ1) is 14.1. The second-order valence-corrected chi connectivity index (χ2v) is 8.39. The minimum atomic E-state index is -0.339. The molecule has 2 saturated heterocycles. The molecule has 2 fully saturated rings. The van der Waals surface area contributed by atoms with Crippen LogP contribution in [0.3, 0.4) is 0 Å². The number of nitrogens with zero attached hydrogens (tertiary/aromatic N) is 5. The molecule has 2 aliphatic rings. The summed E-state index contributed by atoms with van der Waals surface area (Å²) in [6.45, 7) is 11.0. The van der Waals surface area contributed by atoms with E-state index in [2.05, 4.69) is 61.9 Å². The van der Waals surface area contributed by atoms with Gasteiger partial charge in [-0.1, -0.05) is 30.3 Å². The first kappa shape index (κ1) is 20.3. The number of β-amino-alcohol motifs (C(OH)–C–C–N with tert-alkyl or cyclic N) is 1. The van der Waals surface area contributed by atoms with Crippen LogP contribution in [-0.4, -0.2) is 82.8 Å². The molecule has 2 atom stereocenters. The molecule has 0 amide bonds. The van der Waals surface area contributed by atoms with Gasteiger partial charge in [0.05, 0.1) is 6.10 Å². The number of aryl methyl sites for hydroxylation is 1. The number of piperazine rings is 1. The molecule has 6 heteroatoms. The van der Waals surface area contributed by atoms with Gasteiger partial charge in [-0.2, -0.15) is 0 Å². The zero-order valence-electron chi connectivity index (χ0n) is 17.7. The zero-order valence-corrected chi connectivity index (χ0v) is 17.7. The molecule has 0 radical (unpaired) electrons. The topological polar surface area (TPSA) is 55.7 Å². The second-order valence-electron chi connectivity index (χ2n) is 8.39. The monoisotopic (exact) mass is 395 g/mol. The Morgan fingerprint density at radius 1 is 1.00 bits per heavy atom. The van der Waals surface area contributed by atoms with Gasteiger partial charge in [0.25, 0.3) is 0 Å². The fraction of sp³-hybridized carbons (Fsp3) is 0.565. The lowest BCUT2D eigenvalue weighted by molar-refractivity contribution is 0.00965. The maximum atomic E-state index is 10.9. The Labute approximate surface area is 174 Å². The third kappa shape index (κ3) is 4.77. The van der Waals surface area contributed by atoms with E-state index in [1.165, 1.54) is 5.56 Å². The van der Waals surface area contributed by atoms with Gasteiger partial charge < -0.3 is 14.9 Å². The van der Waals surface area contributed by atoms with Gasteiger partial charge in [0.1, 0.15) is 12.1 Å². The molecule has 3 heterocycles. The van der Waals surface area contributed by atoms with Gasteiger partial charge in [0.15, 0.2) is 0 Å². The Hall–Kier alpha value is -2.02. The third-order valence-electron chi connectivity index (χ3n) is 6.59. The molecule has 1 N–H and O–H groups in total. The number of benzene rings is 1. The number of rotatable bonds is 5. The summed E-state index contributed by atoms with van der Waals surface area (Å²) in [6.07, 6.45) is 3.38. The highest BCUT2D eigenvalue weighted by molar-refractivity contribution is 5.48. The standard InChI is InChI=1S/C23H33N5O/c1-18-19(2)24-17-25-23(18)28-11-9-21(22(29)16-28)27-14-12-26(13-15-27)10-8-20-6-4-3-5-7-20/h3-7,17,21-22,29H,8-16H2,1-2H3/t21-,22-/m0/s1. The van der Waals surface area contributed by atoms with Crippen molar-refractivity contribution in [3.05, 3.63) is 53.5 Å². The number of piperidine rings is 1. The van der Waals surface area contributed by atoms with E-state index in [1.807, 2.05) is 6.92 Å². The van der Waals surface area contributed by atoms with Crippen molar-refractivity contribution in [2.24, 2.45) is 0 Å². The fourth-order valence-electron chi connectivity index (χ4n) is 4.63. The fourth-order valence-corrected chi connectivity index (χ4v) is 4.63. The van der Waals surface area contributed by atoms with E-state index in [9.17, 15) is 5.11 Å². The minimum Gasteiger partial charge on any atom is -0.390 e. The number of hydrogen-bond acceptors (Lipinski definition) is 6. The quantitative estimate of drug-likeness (QED) is 0.835. The normalized spacial score (nSPS) is 24.0. The first-order valence-corrected chi connectivity index (χ1v) is 10.8. The summed E-state index contributed by atoms with van der Waals surface area (Å²) in [4.78, 5) is 16.0. The molecular weight excluding hydrogens is 362 g/mol. The van der Waals surface area contributed by atoms with E-state index in [4.69, 9.17) is 0 Å². The lowest BCUT2D eigenvalue weighted by atomic mass is 9.98. The van der Waals surface area contributed by atoms with Crippen molar-refractivity contribution in [2.75, 3.05) is 50.7 Å². The van der Waals surface area contributed by atoms with Crippen LogP contribution in [0.15, 0.2) is 36.7 Å². The van der Waals surface area contributed by atoms with E-state index < -0.39 is 0 Å². The summed E-state index contributed by atoms with van der Waals surface area (Å²) < 4.78 is 0. The SMILES string of the molecule is Cc1ncnc(N2CC[C@H](N3CCN(CCc4ccccc4)CC3)[C@@H](O)C2)c1C. The van der Waals surface area contributed by atoms with Crippen molar-refractivity contribution in [3.63, 3.8) is 0 Å². The van der Waals surface area contributed by atoms with Crippen molar-refractivity contribution in [1.29, 1.82) is 0 Å². The highest BCUT2D eigenvalue weighted by Crippen LogP contribution is 2.25. The molecular formula is C23H33N5O. The van der Waals surface area contributed by atoms with Gasteiger partial charge in [-0.3, -0.25) is 4.90 Å². The van der Waals surface area contributed by atoms with Gasteiger partial charge >= 0.3 is 0 Å². The summed E-state index contributed by atoms with van der Waals surface area (Å²) in [6, 6.07) is 11.0. The Kier molecular flexibility index (Phi) is 6.43. The highest BCUT2D eigenvalue weighted by atomic mass is 16.3. The van der Waals surface area contributed by atoms with E-state index in [1.54, 1.807) is 6.33 Å². The molecule has 156 valence electrons. The minimum absolute atomic E-state index is 0.255. The highest BCUT2D eigenvalue weighted by Gasteiger charge is 2.34. The van der Waals surface area contributed by atoms with Crippen LogP contribution in [0, 0.1) is 13.8 Å². The molecule has 0 saturated carbocycles. The number of hydrogen-bond donors (Lipinski definition) is 1. The smallest absolute Gasteiger partial charge is 0.135 e. The summed E-state index contributed by atoms with van der Waals surface area (Å²) in [5.41, 5.74) is 3.54. The summed E-state index contributed by atoms with van der Waals surface area (Å²) in [5, 5.41) is 10.9. The number of aromatic nitrogens is 2.